The Morgan fingerprint density at radius 3 is 2.50 bits per heavy atom. The number of amides is 1. The van der Waals surface area contributed by atoms with Crippen LogP contribution in [0.4, 0.5) is 4.39 Å². The van der Waals surface area contributed by atoms with Gasteiger partial charge in [-0.15, -0.1) is 0 Å². The minimum atomic E-state index is -0.867. The highest BCUT2D eigenvalue weighted by Gasteiger charge is 2.16. The van der Waals surface area contributed by atoms with Crippen LogP contribution >= 0.6 is 23.2 Å². The van der Waals surface area contributed by atoms with Crippen LogP contribution < -0.4 is 5.73 Å². The summed E-state index contributed by atoms with van der Waals surface area (Å²) in [5.41, 5.74) is 4.71. The molecule has 1 rings (SSSR count). The second-order valence-electron chi connectivity index (χ2n) is 2.46. The van der Waals surface area contributed by atoms with Crippen molar-refractivity contribution in [3.63, 3.8) is 0 Å². The molecule has 0 atom stereocenters. The molecule has 0 spiro atoms. The lowest BCUT2D eigenvalue weighted by molar-refractivity contribution is 0.1000. The van der Waals surface area contributed by atoms with Crippen LogP contribution in [0.25, 0.3) is 0 Å². The van der Waals surface area contributed by atoms with E-state index in [1.165, 1.54) is 0 Å². The lowest BCUT2D eigenvalue weighted by Gasteiger charge is -2.06. The molecule has 0 aliphatic carbocycles. The third-order valence-corrected chi connectivity index (χ3v) is 2.39. The van der Waals surface area contributed by atoms with Crippen LogP contribution in [0.5, 0.6) is 0 Å². The fourth-order valence-corrected chi connectivity index (χ4v) is 1.48. The molecule has 0 aromatic heterocycles. The fourth-order valence-electron chi connectivity index (χ4n) is 0.930. The molecule has 0 aliphatic rings. The van der Waals surface area contributed by atoms with E-state index in [0.29, 0.717) is 0 Å². The molecule has 74 valence electrons. The SMILES string of the molecule is N=Cc1c(Cl)c(F)cc(C(N)=O)c1Cl. The predicted molar refractivity (Wildman–Crippen MR) is 52.8 cm³/mol. The third-order valence-electron chi connectivity index (χ3n) is 1.60. The van der Waals surface area contributed by atoms with Gasteiger partial charge in [-0.1, -0.05) is 23.2 Å². The van der Waals surface area contributed by atoms with E-state index in [0.717, 1.165) is 12.3 Å². The maximum Gasteiger partial charge on any atom is 0.250 e. The van der Waals surface area contributed by atoms with E-state index in [2.05, 4.69) is 0 Å². The number of carbonyl (C=O) groups excluding carboxylic acids is 1. The number of nitrogens with one attached hydrogen (secondary N) is 1. The van der Waals surface area contributed by atoms with Gasteiger partial charge < -0.3 is 11.1 Å². The highest BCUT2D eigenvalue weighted by atomic mass is 35.5. The Kier molecular flexibility index (Phi) is 3.08. The smallest absolute Gasteiger partial charge is 0.250 e. The van der Waals surface area contributed by atoms with Gasteiger partial charge in [-0.05, 0) is 6.07 Å². The highest BCUT2D eigenvalue weighted by Crippen LogP contribution is 2.29. The molecule has 1 amide bonds. The zero-order valence-electron chi connectivity index (χ0n) is 6.77. The van der Waals surface area contributed by atoms with Crippen LogP contribution in [0.2, 0.25) is 10.0 Å². The Hall–Kier alpha value is -1.13. The average molecular weight is 235 g/mol. The molecule has 3 N–H and O–H groups in total. The maximum absolute atomic E-state index is 13.1. The summed E-state index contributed by atoms with van der Waals surface area (Å²) in [4.78, 5) is 10.8. The van der Waals surface area contributed by atoms with Crippen molar-refractivity contribution >= 4 is 35.3 Å². The predicted octanol–water partition coefficient (Wildman–Crippen LogP) is 2.23. The van der Waals surface area contributed by atoms with Crippen molar-refractivity contribution in [3.05, 3.63) is 33.1 Å². The molecule has 3 nitrogen and oxygen atoms in total. The topological polar surface area (TPSA) is 66.9 Å². The first-order valence-corrected chi connectivity index (χ1v) is 4.22. The molecule has 0 aliphatic heterocycles. The van der Waals surface area contributed by atoms with E-state index in [1.54, 1.807) is 0 Å². The molecule has 0 bridgehead atoms. The minimum absolute atomic E-state index is 0.0536. The van der Waals surface area contributed by atoms with E-state index < -0.39 is 11.7 Å². The van der Waals surface area contributed by atoms with Gasteiger partial charge in [0.15, 0.2) is 0 Å². The van der Waals surface area contributed by atoms with Crippen molar-refractivity contribution in [3.8, 4) is 0 Å². The fraction of sp³-hybridized carbons (Fsp3) is 0. The summed E-state index contributed by atoms with van der Waals surface area (Å²) in [7, 11) is 0. The summed E-state index contributed by atoms with van der Waals surface area (Å²) in [5.74, 6) is -1.70. The molecule has 0 saturated carbocycles. The summed E-state index contributed by atoms with van der Waals surface area (Å²) in [6.07, 6.45) is 0.764. The Labute approximate surface area is 89.1 Å². The van der Waals surface area contributed by atoms with Crippen molar-refractivity contribution in [2.45, 2.75) is 0 Å². The largest absolute Gasteiger partial charge is 0.366 e. The molecule has 0 saturated heterocycles. The van der Waals surface area contributed by atoms with Crippen LogP contribution in [-0.2, 0) is 0 Å². The molecule has 1 aromatic rings. The van der Waals surface area contributed by atoms with Crippen molar-refractivity contribution in [2.24, 2.45) is 5.73 Å². The minimum Gasteiger partial charge on any atom is -0.366 e. The first-order valence-electron chi connectivity index (χ1n) is 3.46. The first-order chi connectivity index (χ1) is 6.49. The maximum atomic E-state index is 13.1. The summed E-state index contributed by atoms with van der Waals surface area (Å²) in [5, 5.41) is 6.54. The zero-order valence-corrected chi connectivity index (χ0v) is 8.29. The van der Waals surface area contributed by atoms with E-state index in [9.17, 15) is 9.18 Å². The lowest BCUT2D eigenvalue weighted by Crippen LogP contribution is -2.13. The van der Waals surface area contributed by atoms with Gasteiger partial charge in [-0.25, -0.2) is 4.39 Å². The standard InChI is InChI=1S/C8H5Cl2FN2O/c9-6-3(8(13)14)1-5(11)7(10)4(6)2-12/h1-2,12H,(H2,13,14). The first kappa shape index (κ1) is 10.9. The van der Waals surface area contributed by atoms with Crippen LogP contribution in [-0.4, -0.2) is 12.1 Å². The number of hydrogen-bond acceptors (Lipinski definition) is 2. The van der Waals surface area contributed by atoms with E-state index in [4.69, 9.17) is 34.3 Å². The normalized spacial score (nSPS) is 9.93. The molecule has 14 heavy (non-hydrogen) atoms. The zero-order chi connectivity index (χ0) is 10.9. The molecule has 0 fully saturated rings. The molecular weight excluding hydrogens is 230 g/mol. The summed E-state index contributed by atoms with van der Waals surface area (Å²) in [6.45, 7) is 0. The number of hydrogen-bond donors (Lipinski definition) is 2. The average Bonchev–Trinajstić information content (AvgIpc) is 2.12. The summed E-state index contributed by atoms with van der Waals surface area (Å²) in [6, 6.07) is 0.847. The van der Waals surface area contributed by atoms with Gasteiger partial charge in [0.1, 0.15) is 5.82 Å². The van der Waals surface area contributed by atoms with E-state index in [-0.39, 0.29) is 21.2 Å². The molecular formula is C8H5Cl2FN2O. The van der Waals surface area contributed by atoms with E-state index in [1.807, 2.05) is 0 Å². The van der Waals surface area contributed by atoms with Crippen molar-refractivity contribution < 1.29 is 9.18 Å². The van der Waals surface area contributed by atoms with Crippen LogP contribution in [0.15, 0.2) is 6.07 Å². The molecule has 0 radical (unpaired) electrons. The lowest BCUT2D eigenvalue weighted by atomic mass is 10.1. The number of carbonyl (C=O) groups is 1. The molecule has 0 heterocycles. The van der Waals surface area contributed by atoms with Gasteiger partial charge in [-0.3, -0.25) is 4.79 Å². The number of benzene rings is 1. The van der Waals surface area contributed by atoms with Gasteiger partial charge in [0.05, 0.1) is 15.6 Å². The number of rotatable bonds is 2. The van der Waals surface area contributed by atoms with Crippen LogP contribution in [0.3, 0.4) is 0 Å². The van der Waals surface area contributed by atoms with Crippen LogP contribution in [0, 0.1) is 11.2 Å². The Bertz CT molecular complexity index is 420. The van der Waals surface area contributed by atoms with Gasteiger partial charge >= 0.3 is 0 Å². The second kappa shape index (κ2) is 3.94. The van der Waals surface area contributed by atoms with Gasteiger partial charge in [0.25, 0.3) is 0 Å². The highest BCUT2D eigenvalue weighted by molar-refractivity contribution is 6.40. The van der Waals surface area contributed by atoms with Crippen molar-refractivity contribution in [2.75, 3.05) is 0 Å². The molecule has 1 aromatic carbocycles. The number of primary amides is 1. The monoisotopic (exact) mass is 234 g/mol. The molecule has 6 heteroatoms. The Balaban J connectivity index is 3.58. The second-order valence-corrected chi connectivity index (χ2v) is 3.21. The van der Waals surface area contributed by atoms with Crippen molar-refractivity contribution in [1.82, 2.24) is 0 Å². The quantitative estimate of drug-likeness (QED) is 0.598. The summed E-state index contributed by atoms with van der Waals surface area (Å²) < 4.78 is 13.1. The van der Waals surface area contributed by atoms with Gasteiger partial charge in [0.2, 0.25) is 5.91 Å². The summed E-state index contributed by atoms with van der Waals surface area (Å²) >= 11 is 11.2. The van der Waals surface area contributed by atoms with E-state index >= 15 is 0 Å². The Morgan fingerprint density at radius 2 is 2.07 bits per heavy atom. The van der Waals surface area contributed by atoms with Crippen molar-refractivity contribution in [1.29, 1.82) is 5.41 Å². The Morgan fingerprint density at radius 1 is 1.50 bits per heavy atom. The third kappa shape index (κ3) is 1.71. The number of nitrogens with two attached hydrogens (primary N) is 1. The molecule has 0 unspecified atom stereocenters. The number of halogens is 3. The van der Waals surface area contributed by atoms with Crippen LogP contribution in [0.1, 0.15) is 15.9 Å². The van der Waals surface area contributed by atoms with Gasteiger partial charge in [-0.2, -0.15) is 0 Å². The van der Waals surface area contributed by atoms with Gasteiger partial charge in [0, 0.05) is 11.8 Å².